The molecule has 0 radical (unpaired) electrons. The van der Waals surface area contributed by atoms with Crippen molar-refractivity contribution in [1.82, 2.24) is 0 Å². The summed E-state index contributed by atoms with van der Waals surface area (Å²) in [6.45, 7) is 17.6. The van der Waals surface area contributed by atoms with Gasteiger partial charge in [-0.2, -0.15) is 6.67 Å². The van der Waals surface area contributed by atoms with Gasteiger partial charge in [0.25, 0.3) is 0 Å². The van der Waals surface area contributed by atoms with Crippen molar-refractivity contribution in [3.63, 3.8) is 0 Å². The predicted octanol–water partition coefficient (Wildman–Crippen LogP) is 13.4. The molecule has 0 amide bonds. The van der Waals surface area contributed by atoms with Gasteiger partial charge in [0.1, 0.15) is 10.6 Å². The van der Waals surface area contributed by atoms with E-state index < -0.39 is 21.6 Å². The molecule has 0 saturated carbocycles. The second-order valence-electron chi connectivity index (χ2n) is 15.6. The van der Waals surface area contributed by atoms with Gasteiger partial charge in [0.05, 0.1) is 5.69 Å². The zero-order valence-corrected chi connectivity index (χ0v) is 40.0. The van der Waals surface area contributed by atoms with E-state index in [2.05, 4.69) is 209 Å². The Morgan fingerprint density at radius 1 is 0.508 bits per heavy atom. The normalized spacial score (nSPS) is 13.2. The fraction of sp³-hybridized carbons (Fsp3) is 0.148. The number of allylic oxidation sites excluding steroid dienone is 1. The van der Waals surface area contributed by atoms with Gasteiger partial charge >= 0.3 is 120 Å². The summed E-state index contributed by atoms with van der Waals surface area (Å²) in [4.78, 5) is 4.81. The van der Waals surface area contributed by atoms with Crippen LogP contribution in [0.5, 0.6) is 0 Å². The van der Waals surface area contributed by atoms with Gasteiger partial charge in [-0.25, -0.2) is 0 Å². The van der Waals surface area contributed by atoms with Crippen LogP contribution in [0, 0.1) is 48.2 Å². The molecule has 1 heterocycles. The second-order valence-corrected chi connectivity index (χ2v) is 23.6. The number of halogens is 2. The van der Waals surface area contributed by atoms with Gasteiger partial charge < -0.3 is 9.80 Å². The summed E-state index contributed by atoms with van der Waals surface area (Å²) in [7, 11) is 11.4. The summed E-state index contributed by atoms with van der Waals surface area (Å²) in [5.41, 5.74) is 16.9. The molecule has 0 aromatic heterocycles. The van der Waals surface area contributed by atoms with Crippen LogP contribution in [0.3, 0.4) is 0 Å². The Hall–Kier alpha value is -4.82. The zero-order valence-electron chi connectivity index (χ0n) is 35.7. The summed E-state index contributed by atoms with van der Waals surface area (Å²) >= 11 is -1.88. The van der Waals surface area contributed by atoms with Crippen LogP contribution in [-0.2, 0) is 13.5 Å². The SMILES string of the molecule is Cc1cc(C)c(N2[CH-]N(c3c(C)cc(C)cc3C)CC2)c(C)c1.[Cl][Ru]([Cl])=[C]1C=C(c2ccccc2)c2ccccc21.c1ccc(N[PH+](c2ccccc2)c2ccccc2)cc1. The maximum Gasteiger partial charge on any atom is 0.154 e. The quantitative estimate of drug-likeness (QED) is 0.0976. The molecular weight excluding hydrogens is 894 g/mol. The molecule has 3 nitrogen and oxygen atoms in total. The Morgan fingerprint density at radius 3 is 1.34 bits per heavy atom. The molecule has 1 saturated heterocycles. The van der Waals surface area contributed by atoms with Crippen LogP contribution in [0.25, 0.3) is 5.57 Å². The standard InChI is InChI=1S/C21H27N2.C18H16NP.C15H10.2ClH.Ru/c1-14-9-16(3)20(17(4)10-14)22-7-8-23(13-22)21-18(5)11-15(2)12-19(21)6;1-4-10-16(11-5-1)19-20(17-12-6-2-7-13-17)18-14-8-3-9-15-18;1-2-6-12(7-3-1)15-11-10-13-8-4-5-9-14(13)15;;;/h9-13H,7-8H2,1-6H3;1-15,19H;1-9,11H;2*1H;/q-1;;;;;+2/p-1. The first kappa shape index (κ1) is 44.2. The van der Waals surface area contributed by atoms with Crippen molar-refractivity contribution in [2.75, 3.05) is 28.0 Å². The van der Waals surface area contributed by atoms with Gasteiger partial charge in [-0.15, -0.1) is 0 Å². The minimum Gasteiger partial charge on any atom is -0.253 e. The van der Waals surface area contributed by atoms with E-state index in [-0.39, 0.29) is 0 Å². The Kier molecular flexibility index (Phi) is 15.1. The van der Waals surface area contributed by atoms with Gasteiger partial charge in [-0.05, 0) is 100 Å². The van der Waals surface area contributed by atoms with Crippen LogP contribution >= 0.6 is 27.5 Å². The molecule has 0 bridgehead atoms. The van der Waals surface area contributed by atoms with E-state index in [0.717, 1.165) is 17.2 Å². The van der Waals surface area contributed by atoms with Crippen LogP contribution in [0.4, 0.5) is 17.1 Å². The number of rotatable bonds is 7. The maximum atomic E-state index is 6.19. The second kappa shape index (κ2) is 20.8. The molecule has 312 valence electrons. The number of fused-ring (bicyclic) bond motifs is 1. The topological polar surface area (TPSA) is 18.5 Å². The third kappa shape index (κ3) is 11.0. The zero-order chi connectivity index (χ0) is 42.9. The van der Waals surface area contributed by atoms with E-state index in [0.29, 0.717) is 0 Å². The largest absolute Gasteiger partial charge is 0.253 e. The molecule has 1 fully saturated rings. The van der Waals surface area contributed by atoms with Gasteiger partial charge in [0, 0.05) is 24.5 Å². The fourth-order valence-corrected chi connectivity index (χ4v) is 13.1. The van der Waals surface area contributed by atoms with Gasteiger partial charge in [0.15, 0.2) is 8.07 Å². The maximum absolute atomic E-state index is 6.19. The van der Waals surface area contributed by atoms with Crippen LogP contribution < -0.4 is 25.5 Å². The molecule has 0 spiro atoms. The summed E-state index contributed by atoms with van der Waals surface area (Å²) in [6.07, 6.45) is 2.15. The van der Waals surface area contributed by atoms with Crippen molar-refractivity contribution in [3.8, 4) is 0 Å². The molecule has 0 unspecified atom stereocenters. The van der Waals surface area contributed by atoms with E-state index in [1.165, 1.54) is 83.3 Å². The van der Waals surface area contributed by atoms with Gasteiger partial charge in [0.2, 0.25) is 0 Å². The number of aryl methyl sites for hydroxylation is 6. The minimum atomic E-state index is -1.88. The molecular formula is C54H54Cl2N3PRu. The number of benzene rings is 7. The Balaban J connectivity index is 0.000000139. The molecule has 7 aromatic rings. The molecule has 9 rings (SSSR count). The first-order chi connectivity index (χ1) is 29.6. The summed E-state index contributed by atoms with van der Waals surface area (Å²) in [6, 6.07) is 59.6. The van der Waals surface area contributed by atoms with Crippen LogP contribution in [0.2, 0.25) is 0 Å². The third-order valence-corrected chi connectivity index (χ3v) is 16.3. The van der Waals surface area contributed by atoms with Gasteiger partial charge in [-0.3, -0.25) is 5.09 Å². The van der Waals surface area contributed by atoms with Crippen molar-refractivity contribution in [2.45, 2.75) is 41.5 Å². The molecule has 1 aliphatic heterocycles. The third-order valence-electron chi connectivity index (χ3n) is 10.8. The van der Waals surface area contributed by atoms with E-state index >= 15 is 0 Å². The summed E-state index contributed by atoms with van der Waals surface area (Å²) in [5, 5.41) is 6.45. The van der Waals surface area contributed by atoms with E-state index in [1.54, 1.807) is 0 Å². The molecule has 61 heavy (non-hydrogen) atoms. The van der Waals surface area contributed by atoms with Crippen LogP contribution in [0.15, 0.2) is 176 Å². The Morgan fingerprint density at radius 2 is 0.902 bits per heavy atom. The van der Waals surface area contributed by atoms with Gasteiger partial charge in [-0.1, -0.05) is 90.0 Å². The van der Waals surface area contributed by atoms with E-state index in [1.807, 2.05) is 30.3 Å². The Labute approximate surface area is 378 Å². The average molecular weight is 948 g/mol. The number of anilines is 3. The van der Waals surface area contributed by atoms with Crippen molar-refractivity contribution >= 4 is 64.8 Å². The van der Waals surface area contributed by atoms with Crippen molar-refractivity contribution in [1.29, 1.82) is 0 Å². The number of nitrogens with one attached hydrogen (secondary N) is 1. The molecule has 7 heteroatoms. The number of para-hydroxylation sites is 1. The molecule has 1 aliphatic carbocycles. The monoisotopic (exact) mass is 947 g/mol. The summed E-state index contributed by atoms with van der Waals surface area (Å²) in [5.74, 6) is 0. The van der Waals surface area contributed by atoms with Crippen molar-refractivity contribution in [2.24, 2.45) is 0 Å². The van der Waals surface area contributed by atoms with Crippen molar-refractivity contribution in [3.05, 3.63) is 233 Å². The molecule has 1 N–H and O–H groups in total. The molecule has 0 atom stereocenters. The van der Waals surface area contributed by atoms with Crippen molar-refractivity contribution < 1.29 is 13.5 Å². The fourth-order valence-electron chi connectivity index (χ4n) is 8.44. The number of hydrogen-bond donors (Lipinski definition) is 1. The predicted molar refractivity (Wildman–Crippen MR) is 267 cm³/mol. The van der Waals surface area contributed by atoms with Crippen LogP contribution in [0.1, 0.15) is 50.1 Å². The van der Waals surface area contributed by atoms with E-state index in [4.69, 9.17) is 19.4 Å². The average Bonchev–Trinajstić information content (AvgIpc) is 3.90. The Bertz CT molecular complexity index is 2480. The minimum absolute atomic E-state index is 1.00. The first-order valence-electron chi connectivity index (χ1n) is 20.6. The van der Waals surface area contributed by atoms with Crippen LogP contribution in [-0.4, -0.2) is 17.2 Å². The number of nitrogens with zero attached hydrogens (tertiary/aromatic N) is 2. The first-order valence-corrected chi connectivity index (χ1v) is 27.5. The summed E-state index contributed by atoms with van der Waals surface area (Å²) < 4.78 is 1.12. The smallest absolute Gasteiger partial charge is 0.154 e. The molecule has 7 aromatic carbocycles. The van der Waals surface area contributed by atoms with E-state index in [9.17, 15) is 0 Å². The molecule has 2 aliphatic rings. The number of hydrogen-bond acceptors (Lipinski definition) is 3.